The van der Waals surface area contributed by atoms with Crippen molar-refractivity contribution in [3.63, 3.8) is 0 Å². The Bertz CT molecular complexity index is 617. The molecule has 20 heavy (non-hydrogen) atoms. The fourth-order valence-electron chi connectivity index (χ4n) is 1.56. The molecule has 0 atom stereocenters. The smallest absolute Gasteiger partial charge is 0.256 e. The Labute approximate surface area is 120 Å². The van der Waals surface area contributed by atoms with Gasteiger partial charge in [0.2, 0.25) is 5.91 Å². The maximum absolute atomic E-state index is 12.2. The summed E-state index contributed by atoms with van der Waals surface area (Å²) in [6, 6.07) is 10.5. The van der Waals surface area contributed by atoms with Gasteiger partial charge in [-0.3, -0.25) is 14.6 Å². The molecule has 6 heteroatoms. The minimum Gasteiger partial charge on any atom is -0.369 e. The van der Waals surface area contributed by atoms with Crippen LogP contribution >= 0.6 is 11.8 Å². The molecule has 0 fully saturated rings. The molecule has 0 aliphatic rings. The number of carbonyl (C=O) groups excluding carboxylic acids is 2. The molecule has 1 aromatic heterocycles. The highest BCUT2D eigenvalue weighted by atomic mass is 32.2. The van der Waals surface area contributed by atoms with Crippen LogP contribution in [0.5, 0.6) is 0 Å². The van der Waals surface area contributed by atoms with Gasteiger partial charge in [-0.15, -0.1) is 11.8 Å². The van der Waals surface area contributed by atoms with Crippen LogP contribution in [0.2, 0.25) is 0 Å². The van der Waals surface area contributed by atoms with Crippen molar-refractivity contribution in [2.45, 2.75) is 4.90 Å². The largest absolute Gasteiger partial charge is 0.369 e. The number of primary amides is 1. The lowest BCUT2D eigenvalue weighted by Crippen LogP contribution is -2.15. The Balaban J connectivity index is 2.15. The van der Waals surface area contributed by atoms with Crippen LogP contribution in [0.4, 0.5) is 5.69 Å². The van der Waals surface area contributed by atoms with Crippen molar-refractivity contribution < 1.29 is 9.59 Å². The summed E-state index contributed by atoms with van der Waals surface area (Å²) < 4.78 is 0. The second kappa shape index (κ2) is 6.72. The number of nitrogens with zero attached hydrogens (tertiary/aromatic N) is 1. The van der Waals surface area contributed by atoms with E-state index in [4.69, 9.17) is 5.73 Å². The zero-order valence-corrected chi connectivity index (χ0v) is 11.4. The van der Waals surface area contributed by atoms with Crippen LogP contribution in [0, 0.1) is 0 Å². The lowest BCUT2D eigenvalue weighted by atomic mass is 10.2. The number of rotatable bonds is 5. The van der Waals surface area contributed by atoms with Crippen molar-refractivity contribution in [2.24, 2.45) is 5.73 Å². The van der Waals surface area contributed by atoms with Gasteiger partial charge in [-0.25, -0.2) is 0 Å². The molecule has 0 bridgehead atoms. The number of amides is 2. The van der Waals surface area contributed by atoms with Crippen molar-refractivity contribution in [1.29, 1.82) is 0 Å². The summed E-state index contributed by atoms with van der Waals surface area (Å²) >= 11 is 1.25. The highest BCUT2D eigenvalue weighted by Crippen LogP contribution is 2.23. The van der Waals surface area contributed by atoms with Gasteiger partial charge in [0, 0.05) is 23.0 Å². The van der Waals surface area contributed by atoms with Crippen LogP contribution in [0.15, 0.2) is 53.7 Å². The van der Waals surface area contributed by atoms with Crippen LogP contribution in [-0.2, 0) is 4.79 Å². The molecule has 5 nitrogen and oxygen atoms in total. The van der Waals surface area contributed by atoms with E-state index in [0.717, 1.165) is 4.90 Å². The third kappa shape index (κ3) is 3.83. The summed E-state index contributed by atoms with van der Waals surface area (Å²) in [4.78, 5) is 27.7. The van der Waals surface area contributed by atoms with E-state index in [1.165, 1.54) is 11.8 Å². The summed E-state index contributed by atoms with van der Waals surface area (Å²) in [5.74, 6) is -0.511. The molecule has 1 heterocycles. The molecule has 0 saturated heterocycles. The number of thioether (sulfide) groups is 1. The number of nitrogens with one attached hydrogen (secondary N) is 1. The second-order valence-corrected chi connectivity index (χ2v) is 4.96. The molecule has 0 unspecified atom stereocenters. The maximum Gasteiger partial charge on any atom is 0.256 e. The predicted molar refractivity (Wildman–Crippen MR) is 78.6 cm³/mol. The van der Waals surface area contributed by atoms with Gasteiger partial charge in [0.25, 0.3) is 5.91 Å². The van der Waals surface area contributed by atoms with Crippen LogP contribution < -0.4 is 11.1 Å². The van der Waals surface area contributed by atoms with Crippen molar-refractivity contribution in [3.05, 3.63) is 54.4 Å². The fraction of sp³-hybridized carbons (Fsp3) is 0.0714. The molecule has 2 amide bonds. The van der Waals surface area contributed by atoms with E-state index in [2.05, 4.69) is 10.3 Å². The Morgan fingerprint density at radius 2 is 1.85 bits per heavy atom. The molecule has 2 aromatic rings. The van der Waals surface area contributed by atoms with Gasteiger partial charge in [0.05, 0.1) is 11.3 Å². The minimum atomic E-state index is -0.417. The molecule has 2 rings (SSSR count). The fourth-order valence-corrected chi connectivity index (χ4v) is 2.35. The molecule has 0 aliphatic heterocycles. The van der Waals surface area contributed by atoms with E-state index in [1.807, 2.05) is 6.07 Å². The number of aromatic nitrogens is 1. The van der Waals surface area contributed by atoms with E-state index >= 15 is 0 Å². The molecule has 0 radical (unpaired) electrons. The summed E-state index contributed by atoms with van der Waals surface area (Å²) in [6.07, 6.45) is 3.20. The average Bonchev–Trinajstić information content (AvgIpc) is 2.46. The maximum atomic E-state index is 12.2. The van der Waals surface area contributed by atoms with Crippen LogP contribution in [0.3, 0.4) is 0 Å². The third-order valence-electron chi connectivity index (χ3n) is 2.44. The Morgan fingerprint density at radius 3 is 2.55 bits per heavy atom. The van der Waals surface area contributed by atoms with Crippen LogP contribution in [0.1, 0.15) is 10.4 Å². The molecule has 0 spiro atoms. The Hall–Kier alpha value is -2.34. The normalized spacial score (nSPS) is 10.0. The first-order valence-electron chi connectivity index (χ1n) is 5.88. The van der Waals surface area contributed by atoms with Crippen LogP contribution in [0.25, 0.3) is 0 Å². The number of pyridine rings is 1. The zero-order valence-electron chi connectivity index (χ0n) is 10.6. The molecular formula is C14H13N3O2S. The van der Waals surface area contributed by atoms with Gasteiger partial charge in [-0.2, -0.15) is 0 Å². The number of carbonyl (C=O) groups is 2. The summed E-state index contributed by atoms with van der Waals surface area (Å²) in [5, 5.41) is 2.78. The van der Waals surface area contributed by atoms with Gasteiger partial charge >= 0.3 is 0 Å². The van der Waals surface area contributed by atoms with E-state index in [9.17, 15) is 9.59 Å². The predicted octanol–water partition coefficient (Wildman–Crippen LogP) is 1.91. The average molecular weight is 287 g/mol. The van der Waals surface area contributed by atoms with E-state index < -0.39 is 5.91 Å². The molecule has 0 saturated carbocycles. The topological polar surface area (TPSA) is 85.1 Å². The lowest BCUT2D eigenvalue weighted by molar-refractivity contribution is -0.115. The highest BCUT2D eigenvalue weighted by Gasteiger charge is 2.12. The number of benzene rings is 1. The molecule has 0 aliphatic carbocycles. The monoisotopic (exact) mass is 287 g/mol. The second-order valence-electron chi connectivity index (χ2n) is 3.94. The summed E-state index contributed by atoms with van der Waals surface area (Å²) in [6.45, 7) is 0. The van der Waals surface area contributed by atoms with Gasteiger partial charge in [0.15, 0.2) is 0 Å². The zero-order chi connectivity index (χ0) is 14.4. The number of nitrogens with two attached hydrogens (primary N) is 1. The minimum absolute atomic E-state index is 0.138. The first-order valence-corrected chi connectivity index (χ1v) is 6.87. The van der Waals surface area contributed by atoms with E-state index in [-0.39, 0.29) is 11.7 Å². The van der Waals surface area contributed by atoms with Gasteiger partial charge in [0.1, 0.15) is 0 Å². The number of hydrogen-bond acceptors (Lipinski definition) is 4. The first kappa shape index (κ1) is 14.1. The molecule has 102 valence electrons. The van der Waals surface area contributed by atoms with E-state index in [1.54, 1.807) is 42.7 Å². The number of anilines is 1. The standard InChI is InChI=1S/C14H13N3O2S/c15-13(18)9-20-12-4-2-1-3-11(12)14(19)17-10-5-7-16-8-6-10/h1-8H,9H2,(H2,15,18)(H,16,17,19). The molecule has 1 aromatic carbocycles. The summed E-state index contributed by atoms with van der Waals surface area (Å²) in [5.41, 5.74) is 6.30. The number of hydrogen-bond donors (Lipinski definition) is 2. The van der Waals surface area contributed by atoms with Crippen molar-refractivity contribution in [1.82, 2.24) is 4.98 Å². The SMILES string of the molecule is NC(=O)CSc1ccccc1C(=O)Nc1ccncc1. The van der Waals surface area contributed by atoms with Crippen molar-refractivity contribution in [3.8, 4) is 0 Å². The third-order valence-corrected chi connectivity index (χ3v) is 3.54. The van der Waals surface area contributed by atoms with Crippen molar-refractivity contribution in [2.75, 3.05) is 11.1 Å². The summed E-state index contributed by atoms with van der Waals surface area (Å²) in [7, 11) is 0. The first-order chi connectivity index (χ1) is 9.66. The molecular weight excluding hydrogens is 274 g/mol. The van der Waals surface area contributed by atoms with Gasteiger partial charge in [-0.1, -0.05) is 12.1 Å². The quantitative estimate of drug-likeness (QED) is 0.823. The van der Waals surface area contributed by atoms with Crippen LogP contribution in [-0.4, -0.2) is 22.6 Å². The highest BCUT2D eigenvalue weighted by molar-refractivity contribution is 8.00. The van der Waals surface area contributed by atoms with E-state index in [0.29, 0.717) is 11.3 Å². The van der Waals surface area contributed by atoms with Gasteiger partial charge in [-0.05, 0) is 24.3 Å². The van der Waals surface area contributed by atoms with Gasteiger partial charge < -0.3 is 11.1 Å². The lowest BCUT2D eigenvalue weighted by Gasteiger charge is -2.09. The van der Waals surface area contributed by atoms with Crippen molar-refractivity contribution >= 4 is 29.3 Å². The Kier molecular flexibility index (Phi) is 4.73. The Morgan fingerprint density at radius 1 is 1.15 bits per heavy atom. The molecule has 3 N–H and O–H groups in total.